The quantitative estimate of drug-likeness (QED) is 0.743. The van der Waals surface area contributed by atoms with Crippen molar-refractivity contribution in [3.8, 4) is 0 Å². The first-order valence-corrected chi connectivity index (χ1v) is 8.80. The Balaban J connectivity index is 1.83. The molecule has 1 aromatic rings. The monoisotopic (exact) mass is 332 g/mol. The maximum absolute atomic E-state index is 12.5. The Morgan fingerprint density at radius 3 is 2.54 bits per heavy atom. The zero-order valence-corrected chi connectivity index (χ0v) is 14.7. The van der Waals surface area contributed by atoms with Gasteiger partial charge in [0.1, 0.15) is 0 Å². The molecule has 5 heteroatoms. The normalized spacial score (nSPS) is 14.1. The molecule has 2 amide bonds. The molecule has 0 saturated heterocycles. The third-order valence-corrected chi connectivity index (χ3v) is 4.18. The molecule has 0 bridgehead atoms. The fourth-order valence-corrected chi connectivity index (χ4v) is 2.72. The zero-order chi connectivity index (χ0) is 17.4. The van der Waals surface area contributed by atoms with Gasteiger partial charge in [0, 0.05) is 19.6 Å². The molecule has 1 aliphatic carbocycles. The summed E-state index contributed by atoms with van der Waals surface area (Å²) in [4.78, 5) is 25.9. The van der Waals surface area contributed by atoms with E-state index in [0.29, 0.717) is 19.0 Å². The molecule has 2 rings (SSSR count). The van der Waals surface area contributed by atoms with E-state index < -0.39 is 0 Å². The topological polar surface area (TPSA) is 58.6 Å². The van der Waals surface area contributed by atoms with E-state index in [1.165, 1.54) is 19.3 Å². The van der Waals surface area contributed by atoms with Crippen LogP contribution >= 0.6 is 0 Å². The number of urea groups is 1. The average molecular weight is 332 g/mol. The molecule has 1 aliphatic rings. The van der Waals surface area contributed by atoms with Gasteiger partial charge in [0.25, 0.3) is 0 Å². The number of benzene rings is 1. The van der Waals surface area contributed by atoms with Crippen LogP contribution in [0.5, 0.6) is 0 Å². The highest BCUT2D eigenvalue weighted by Gasteiger charge is 2.23. The Kier molecular flexibility index (Phi) is 7.09. The Morgan fingerprint density at radius 2 is 1.96 bits per heavy atom. The van der Waals surface area contributed by atoms with Crippen LogP contribution in [-0.4, -0.2) is 36.1 Å². The molecule has 0 aliphatic heterocycles. The van der Waals surface area contributed by atoms with E-state index in [0.717, 1.165) is 12.1 Å². The molecule has 0 aromatic heterocycles. The van der Waals surface area contributed by atoms with Gasteiger partial charge in [-0.15, -0.1) is 0 Å². The van der Waals surface area contributed by atoms with Crippen molar-refractivity contribution in [3.05, 3.63) is 35.9 Å². The van der Waals surface area contributed by atoms with Crippen molar-refractivity contribution in [1.82, 2.24) is 10.2 Å². The lowest BCUT2D eigenvalue weighted by Crippen LogP contribution is -2.43. The van der Waals surface area contributed by atoms with Gasteiger partial charge in [-0.2, -0.15) is 0 Å². The standard InChI is InChI=1S/C19H28N2O3/c1-15(2)24-18(22)11-12-20-19(23)21(14-17-9-6-10-17)13-16-7-4-3-5-8-16/h3-5,7-8,15,17H,6,9-14H2,1-2H3,(H,20,23). The van der Waals surface area contributed by atoms with Crippen molar-refractivity contribution in [2.45, 2.75) is 52.2 Å². The summed E-state index contributed by atoms with van der Waals surface area (Å²) in [6.45, 7) is 5.31. The second kappa shape index (κ2) is 9.30. The Bertz CT molecular complexity index is 527. The summed E-state index contributed by atoms with van der Waals surface area (Å²) < 4.78 is 5.08. The molecule has 132 valence electrons. The fourth-order valence-electron chi connectivity index (χ4n) is 2.72. The highest BCUT2D eigenvalue weighted by atomic mass is 16.5. The first-order valence-electron chi connectivity index (χ1n) is 8.80. The van der Waals surface area contributed by atoms with Crippen molar-refractivity contribution in [2.24, 2.45) is 5.92 Å². The number of rotatable bonds is 8. The number of carbonyl (C=O) groups is 2. The van der Waals surface area contributed by atoms with Crippen LogP contribution in [0.1, 0.15) is 45.1 Å². The summed E-state index contributed by atoms with van der Waals surface area (Å²) in [6.07, 6.45) is 3.72. The van der Waals surface area contributed by atoms with E-state index in [1.807, 2.05) is 49.1 Å². The van der Waals surface area contributed by atoms with Crippen molar-refractivity contribution in [2.75, 3.05) is 13.1 Å². The maximum Gasteiger partial charge on any atom is 0.317 e. The predicted octanol–water partition coefficient (Wildman–Crippen LogP) is 3.34. The minimum Gasteiger partial charge on any atom is -0.463 e. The van der Waals surface area contributed by atoms with E-state index in [9.17, 15) is 9.59 Å². The Hall–Kier alpha value is -2.04. The van der Waals surface area contributed by atoms with Gasteiger partial charge in [-0.1, -0.05) is 36.8 Å². The number of esters is 1. The van der Waals surface area contributed by atoms with Crippen molar-refractivity contribution < 1.29 is 14.3 Å². The number of nitrogens with zero attached hydrogens (tertiary/aromatic N) is 1. The van der Waals surface area contributed by atoms with Gasteiger partial charge < -0.3 is 15.0 Å². The Labute approximate surface area is 144 Å². The zero-order valence-electron chi connectivity index (χ0n) is 14.7. The van der Waals surface area contributed by atoms with Crippen LogP contribution in [0.25, 0.3) is 0 Å². The second-order valence-electron chi connectivity index (χ2n) is 6.68. The average Bonchev–Trinajstić information content (AvgIpc) is 2.49. The van der Waals surface area contributed by atoms with Crippen LogP contribution < -0.4 is 5.32 Å². The van der Waals surface area contributed by atoms with Gasteiger partial charge >= 0.3 is 12.0 Å². The molecule has 0 atom stereocenters. The minimum absolute atomic E-state index is 0.108. The second-order valence-corrected chi connectivity index (χ2v) is 6.68. The SMILES string of the molecule is CC(C)OC(=O)CCNC(=O)N(Cc1ccccc1)CC1CCC1. The lowest BCUT2D eigenvalue weighted by Gasteiger charge is -2.32. The molecule has 0 spiro atoms. The van der Waals surface area contributed by atoms with E-state index >= 15 is 0 Å². The lowest BCUT2D eigenvalue weighted by molar-refractivity contribution is -0.147. The van der Waals surface area contributed by atoms with Gasteiger partial charge in [0.2, 0.25) is 0 Å². The molecule has 0 heterocycles. The Morgan fingerprint density at radius 1 is 1.25 bits per heavy atom. The summed E-state index contributed by atoms with van der Waals surface area (Å²) >= 11 is 0. The highest BCUT2D eigenvalue weighted by Crippen LogP contribution is 2.27. The van der Waals surface area contributed by atoms with Crippen LogP contribution in [0, 0.1) is 5.92 Å². The van der Waals surface area contributed by atoms with Crippen LogP contribution in [0.4, 0.5) is 4.79 Å². The smallest absolute Gasteiger partial charge is 0.317 e. The van der Waals surface area contributed by atoms with Crippen LogP contribution in [-0.2, 0) is 16.1 Å². The molecule has 1 saturated carbocycles. The first-order chi connectivity index (χ1) is 11.5. The molecule has 24 heavy (non-hydrogen) atoms. The molecular formula is C19H28N2O3. The number of hydrogen-bond acceptors (Lipinski definition) is 3. The summed E-state index contributed by atoms with van der Waals surface area (Å²) in [5.74, 6) is 0.323. The molecule has 0 radical (unpaired) electrons. The summed E-state index contributed by atoms with van der Waals surface area (Å²) in [5.41, 5.74) is 1.12. The van der Waals surface area contributed by atoms with E-state index in [-0.39, 0.29) is 24.5 Å². The van der Waals surface area contributed by atoms with Gasteiger partial charge in [0.15, 0.2) is 0 Å². The van der Waals surface area contributed by atoms with Crippen molar-refractivity contribution in [1.29, 1.82) is 0 Å². The fraction of sp³-hybridized carbons (Fsp3) is 0.579. The molecule has 0 unspecified atom stereocenters. The summed E-state index contributed by atoms with van der Waals surface area (Å²) in [5, 5.41) is 2.85. The third-order valence-electron chi connectivity index (χ3n) is 4.18. The van der Waals surface area contributed by atoms with Gasteiger partial charge in [-0.3, -0.25) is 4.79 Å². The lowest BCUT2D eigenvalue weighted by atomic mass is 9.85. The predicted molar refractivity (Wildman–Crippen MR) is 93.4 cm³/mol. The third kappa shape index (κ3) is 6.22. The van der Waals surface area contributed by atoms with Gasteiger partial charge in [-0.25, -0.2) is 4.79 Å². The van der Waals surface area contributed by atoms with Crippen molar-refractivity contribution in [3.63, 3.8) is 0 Å². The molecule has 1 N–H and O–H groups in total. The van der Waals surface area contributed by atoms with E-state index in [4.69, 9.17) is 4.74 Å². The van der Waals surface area contributed by atoms with Crippen LogP contribution in [0.2, 0.25) is 0 Å². The minimum atomic E-state index is -0.279. The molecular weight excluding hydrogens is 304 g/mol. The number of nitrogens with one attached hydrogen (secondary N) is 1. The van der Waals surface area contributed by atoms with Crippen LogP contribution in [0.15, 0.2) is 30.3 Å². The summed E-state index contributed by atoms with van der Waals surface area (Å²) in [7, 11) is 0. The molecule has 5 nitrogen and oxygen atoms in total. The van der Waals surface area contributed by atoms with E-state index in [2.05, 4.69) is 5.32 Å². The van der Waals surface area contributed by atoms with Gasteiger partial charge in [0.05, 0.1) is 12.5 Å². The van der Waals surface area contributed by atoms with Gasteiger partial charge in [-0.05, 0) is 38.2 Å². The largest absolute Gasteiger partial charge is 0.463 e. The maximum atomic E-state index is 12.5. The summed E-state index contributed by atoms with van der Waals surface area (Å²) in [6, 6.07) is 9.89. The number of hydrogen-bond donors (Lipinski definition) is 1. The van der Waals surface area contributed by atoms with E-state index in [1.54, 1.807) is 0 Å². The molecule has 1 fully saturated rings. The number of carbonyl (C=O) groups excluding carboxylic acids is 2. The first kappa shape index (κ1) is 18.3. The molecule has 1 aromatic carbocycles. The van der Waals surface area contributed by atoms with Crippen molar-refractivity contribution >= 4 is 12.0 Å². The highest BCUT2D eigenvalue weighted by molar-refractivity contribution is 5.75. The van der Waals surface area contributed by atoms with Crippen LogP contribution in [0.3, 0.4) is 0 Å². The number of ether oxygens (including phenoxy) is 1. The number of amides is 2.